The lowest BCUT2D eigenvalue weighted by Gasteiger charge is -1.98. The van der Waals surface area contributed by atoms with Gasteiger partial charge in [-0.15, -0.1) is 0 Å². The first kappa shape index (κ1) is 14.1. The molecule has 0 amide bonds. The largest absolute Gasteiger partial charge is 0.373 e. The minimum Gasteiger partial charge on any atom is -0.373 e. The molecule has 2 heteroatoms. The molecule has 0 bridgehead atoms. The second-order valence-corrected chi connectivity index (χ2v) is 5.67. The molecule has 18 heavy (non-hydrogen) atoms. The van der Waals surface area contributed by atoms with Gasteiger partial charge < -0.3 is 9.47 Å². The van der Waals surface area contributed by atoms with Crippen molar-refractivity contribution in [3.05, 3.63) is 12.2 Å². The average Bonchev–Trinajstić information content (AvgIpc) is 3.25. The molecule has 0 aromatic rings. The molecule has 2 heterocycles. The van der Waals surface area contributed by atoms with E-state index in [9.17, 15) is 0 Å². The Balaban J connectivity index is 1.37. The van der Waals surface area contributed by atoms with Gasteiger partial charge in [-0.25, -0.2) is 0 Å². The predicted octanol–water partition coefficient (Wildman–Crippen LogP) is 4.24. The van der Waals surface area contributed by atoms with Crippen LogP contribution in [0.2, 0.25) is 0 Å². The fraction of sp³-hybridized carbons (Fsp3) is 0.875. The Kier molecular flexibility index (Phi) is 6.22. The first-order chi connectivity index (χ1) is 8.90. The van der Waals surface area contributed by atoms with Crippen LogP contribution in [0, 0.1) is 0 Å². The van der Waals surface area contributed by atoms with E-state index in [1.165, 1.54) is 44.9 Å². The summed E-state index contributed by atoms with van der Waals surface area (Å²) in [6.45, 7) is 3.23. The fourth-order valence-electron chi connectivity index (χ4n) is 2.45. The first-order valence-corrected chi connectivity index (χ1v) is 7.82. The molecular weight excluding hydrogens is 224 g/mol. The maximum atomic E-state index is 5.68. The van der Waals surface area contributed by atoms with Crippen LogP contribution in [0.4, 0.5) is 0 Å². The standard InChI is InChI=1S/C16H28O2/c1-2-3-4-5-6-7-11-15-16(18-15)12-9-8-10-14-13-17-14/h8-9,14-16H,2-7,10-13H2,1H3/b9-8-. The third-order valence-corrected chi connectivity index (χ3v) is 3.87. The Bertz CT molecular complexity index is 245. The molecule has 0 aliphatic carbocycles. The summed E-state index contributed by atoms with van der Waals surface area (Å²) in [5.41, 5.74) is 0. The number of rotatable bonds is 11. The molecule has 3 atom stereocenters. The molecule has 104 valence electrons. The van der Waals surface area contributed by atoms with Crippen LogP contribution in [-0.4, -0.2) is 24.9 Å². The van der Waals surface area contributed by atoms with Gasteiger partial charge in [-0.05, 0) is 19.3 Å². The fourth-order valence-corrected chi connectivity index (χ4v) is 2.45. The predicted molar refractivity (Wildman–Crippen MR) is 74.8 cm³/mol. The quantitative estimate of drug-likeness (QED) is 0.312. The molecule has 2 fully saturated rings. The van der Waals surface area contributed by atoms with Gasteiger partial charge in [0.2, 0.25) is 0 Å². The molecule has 0 N–H and O–H groups in total. The van der Waals surface area contributed by atoms with Gasteiger partial charge in [0, 0.05) is 0 Å². The minimum atomic E-state index is 0.525. The summed E-state index contributed by atoms with van der Waals surface area (Å²) in [6.07, 6.45) is 17.9. The topological polar surface area (TPSA) is 25.1 Å². The molecular formula is C16H28O2. The molecule has 0 aromatic heterocycles. The van der Waals surface area contributed by atoms with Crippen LogP contribution in [0.1, 0.15) is 64.7 Å². The third-order valence-electron chi connectivity index (χ3n) is 3.87. The lowest BCUT2D eigenvalue weighted by atomic mass is 10.1. The normalized spacial score (nSPS) is 29.9. The Morgan fingerprint density at radius 3 is 2.44 bits per heavy atom. The number of epoxide rings is 2. The third kappa shape index (κ3) is 6.01. The molecule has 0 radical (unpaired) electrons. The Morgan fingerprint density at radius 1 is 0.944 bits per heavy atom. The van der Waals surface area contributed by atoms with E-state index in [4.69, 9.17) is 9.47 Å². The van der Waals surface area contributed by atoms with Crippen LogP contribution >= 0.6 is 0 Å². The number of unbranched alkanes of at least 4 members (excludes halogenated alkanes) is 5. The van der Waals surface area contributed by atoms with E-state index in [2.05, 4.69) is 19.1 Å². The maximum absolute atomic E-state index is 5.68. The van der Waals surface area contributed by atoms with Gasteiger partial charge in [0.15, 0.2) is 0 Å². The molecule has 3 unspecified atom stereocenters. The van der Waals surface area contributed by atoms with Gasteiger partial charge >= 0.3 is 0 Å². The van der Waals surface area contributed by atoms with Gasteiger partial charge in [0.1, 0.15) is 0 Å². The van der Waals surface area contributed by atoms with Crippen molar-refractivity contribution < 1.29 is 9.47 Å². The van der Waals surface area contributed by atoms with Crippen molar-refractivity contribution in [2.45, 2.75) is 83.0 Å². The molecule has 0 aromatic carbocycles. The van der Waals surface area contributed by atoms with Gasteiger partial charge in [0.05, 0.1) is 24.9 Å². The van der Waals surface area contributed by atoms with Crippen molar-refractivity contribution in [2.24, 2.45) is 0 Å². The van der Waals surface area contributed by atoms with E-state index in [1.807, 2.05) is 0 Å². The molecule has 2 aliphatic rings. The van der Waals surface area contributed by atoms with E-state index in [0.717, 1.165) is 19.4 Å². The first-order valence-electron chi connectivity index (χ1n) is 7.82. The molecule has 2 nitrogen and oxygen atoms in total. The summed E-state index contributed by atoms with van der Waals surface area (Å²) in [7, 11) is 0. The van der Waals surface area contributed by atoms with Gasteiger partial charge in [-0.1, -0.05) is 57.6 Å². The van der Waals surface area contributed by atoms with Crippen LogP contribution in [0.3, 0.4) is 0 Å². The summed E-state index contributed by atoms with van der Waals surface area (Å²) >= 11 is 0. The number of hydrogen-bond acceptors (Lipinski definition) is 2. The van der Waals surface area contributed by atoms with E-state index in [0.29, 0.717) is 18.3 Å². The summed E-state index contributed by atoms with van der Waals surface area (Å²) < 4.78 is 10.8. The van der Waals surface area contributed by atoms with E-state index < -0.39 is 0 Å². The zero-order valence-corrected chi connectivity index (χ0v) is 11.8. The van der Waals surface area contributed by atoms with E-state index in [1.54, 1.807) is 0 Å². The highest BCUT2D eigenvalue weighted by atomic mass is 16.6. The highest BCUT2D eigenvalue weighted by molar-refractivity contribution is 4.95. The Labute approximate surface area is 112 Å². The summed E-state index contributed by atoms with van der Waals surface area (Å²) in [4.78, 5) is 0. The van der Waals surface area contributed by atoms with Crippen LogP contribution in [0.5, 0.6) is 0 Å². The van der Waals surface area contributed by atoms with Crippen molar-refractivity contribution in [1.29, 1.82) is 0 Å². The average molecular weight is 252 g/mol. The van der Waals surface area contributed by atoms with Crippen LogP contribution in [-0.2, 0) is 9.47 Å². The molecule has 0 spiro atoms. The lowest BCUT2D eigenvalue weighted by molar-refractivity contribution is 0.358. The van der Waals surface area contributed by atoms with Crippen LogP contribution in [0.15, 0.2) is 12.2 Å². The Morgan fingerprint density at radius 2 is 1.67 bits per heavy atom. The highest BCUT2D eigenvalue weighted by Crippen LogP contribution is 2.30. The van der Waals surface area contributed by atoms with Crippen molar-refractivity contribution in [1.82, 2.24) is 0 Å². The Hall–Kier alpha value is -0.340. The van der Waals surface area contributed by atoms with Crippen LogP contribution < -0.4 is 0 Å². The maximum Gasteiger partial charge on any atom is 0.0876 e. The zero-order chi connectivity index (χ0) is 12.6. The highest BCUT2D eigenvalue weighted by Gasteiger charge is 2.36. The monoisotopic (exact) mass is 252 g/mol. The van der Waals surface area contributed by atoms with Gasteiger partial charge in [0.25, 0.3) is 0 Å². The second kappa shape index (κ2) is 7.96. The minimum absolute atomic E-state index is 0.525. The van der Waals surface area contributed by atoms with Crippen molar-refractivity contribution in [3.8, 4) is 0 Å². The lowest BCUT2D eigenvalue weighted by Crippen LogP contribution is -1.93. The summed E-state index contributed by atoms with van der Waals surface area (Å²) in [5.74, 6) is 0. The van der Waals surface area contributed by atoms with Gasteiger partial charge in [-0.3, -0.25) is 0 Å². The van der Waals surface area contributed by atoms with Gasteiger partial charge in [-0.2, -0.15) is 0 Å². The smallest absolute Gasteiger partial charge is 0.0876 e. The molecule has 2 rings (SSSR count). The second-order valence-electron chi connectivity index (χ2n) is 5.67. The van der Waals surface area contributed by atoms with E-state index >= 15 is 0 Å². The SMILES string of the molecule is CCCCCCCCC1OC1C/C=C\CC1CO1. The van der Waals surface area contributed by atoms with Crippen molar-refractivity contribution in [3.63, 3.8) is 0 Å². The number of ether oxygens (including phenoxy) is 2. The summed E-state index contributed by atoms with van der Waals surface area (Å²) in [5, 5.41) is 0. The van der Waals surface area contributed by atoms with Crippen LogP contribution in [0.25, 0.3) is 0 Å². The van der Waals surface area contributed by atoms with Crippen molar-refractivity contribution >= 4 is 0 Å². The molecule has 2 saturated heterocycles. The van der Waals surface area contributed by atoms with E-state index in [-0.39, 0.29) is 0 Å². The molecule has 2 aliphatic heterocycles. The molecule has 0 saturated carbocycles. The zero-order valence-electron chi connectivity index (χ0n) is 11.8. The summed E-state index contributed by atoms with van der Waals surface area (Å²) in [6, 6.07) is 0. The van der Waals surface area contributed by atoms with Crippen molar-refractivity contribution in [2.75, 3.05) is 6.61 Å². The number of hydrogen-bond donors (Lipinski definition) is 0.